The van der Waals surface area contributed by atoms with Gasteiger partial charge in [0.2, 0.25) is 5.91 Å². The molecule has 0 atom stereocenters. The third kappa shape index (κ3) is 5.32. The lowest BCUT2D eigenvalue weighted by Gasteiger charge is -2.34. The second kappa shape index (κ2) is 9.20. The van der Waals surface area contributed by atoms with Crippen molar-refractivity contribution in [2.75, 3.05) is 45.1 Å². The van der Waals surface area contributed by atoms with E-state index in [1.807, 2.05) is 30.9 Å². The van der Waals surface area contributed by atoms with Crippen LogP contribution in [0.25, 0.3) is 0 Å². The van der Waals surface area contributed by atoms with Gasteiger partial charge in [-0.1, -0.05) is 0 Å². The van der Waals surface area contributed by atoms with E-state index in [-0.39, 0.29) is 17.9 Å². The summed E-state index contributed by atoms with van der Waals surface area (Å²) in [5, 5.41) is 5.78. The van der Waals surface area contributed by atoms with Gasteiger partial charge >= 0.3 is 0 Å². The molecule has 152 valence electrons. The zero-order valence-corrected chi connectivity index (χ0v) is 17.4. The zero-order valence-electron chi connectivity index (χ0n) is 16.6. The van der Waals surface area contributed by atoms with Crippen molar-refractivity contribution in [2.45, 2.75) is 26.4 Å². The summed E-state index contributed by atoms with van der Waals surface area (Å²) in [6, 6.07) is 3.95. The quantitative estimate of drug-likeness (QED) is 0.759. The largest absolute Gasteiger partial charge is 0.467 e. The molecule has 9 heteroatoms. The van der Waals surface area contributed by atoms with Crippen molar-refractivity contribution in [3.8, 4) is 0 Å². The van der Waals surface area contributed by atoms with Crippen LogP contribution in [0.4, 0.5) is 5.13 Å². The standard InChI is InChI=1S/C19H27N5O3S/c1-14(2)20-19-21-16(13-28-19)18(26)24-8-6-23(7-9-24)12-17(25)22(3)11-15-5-4-10-27-15/h4-5,10,13-14H,6-9,11-12H2,1-3H3,(H,20,21). The number of carbonyl (C=O) groups is 2. The second-order valence-electron chi connectivity index (χ2n) is 7.23. The fourth-order valence-corrected chi connectivity index (χ4v) is 3.82. The van der Waals surface area contributed by atoms with E-state index in [2.05, 4.69) is 15.2 Å². The van der Waals surface area contributed by atoms with E-state index in [0.29, 0.717) is 45.0 Å². The van der Waals surface area contributed by atoms with Crippen LogP contribution in [0, 0.1) is 0 Å². The Morgan fingerprint density at radius 2 is 2.07 bits per heavy atom. The lowest BCUT2D eigenvalue weighted by Crippen LogP contribution is -2.51. The van der Waals surface area contributed by atoms with Crippen molar-refractivity contribution >= 4 is 28.3 Å². The fraction of sp³-hybridized carbons (Fsp3) is 0.526. The number of likely N-dealkylation sites (N-methyl/N-ethyl adjacent to an activating group) is 1. The van der Waals surface area contributed by atoms with Gasteiger partial charge in [-0.15, -0.1) is 11.3 Å². The Morgan fingerprint density at radius 3 is 2.71 bits per heavy atom. The summed E-state index contributed by atoms with van der Waals surface area (Å²) in [5.74, 6) is 0.759. The van der Waals surface area contributed by atoms with Crippen LogP contribution >= 0.6 is 11.3 Å². The van der Waals surface area contributed by atoms with Crippen molar-refractivity contribution in [2.24, 2.45) is 0 Å². The molecule has 0 spiro atoms. The van der Waals surface area contributed by atoms with Gasteiger partial charge in [-0.3, -0.25) is 14.5 Å². The average molecular weight is 406 g/mol. The van der Waals surface area contributed by atoms with Gasteiger partial charge in [0.25, 0.3) is 5.91 Å². The second-order valence-corrected chi connectivity index (χ2v) is 8.09. The van der Waals surface area contributed by atoms with E-state index in [1.165, 1.54) is 11.3 Å². The van der Waals surface area contributed by atoms with Crippen molar-refractivity contribution < 1.29 is 14.0 Å². The monoisotopic (exact) mass is 405 g/mol. The molecule has 0 bridgehead atoms. The van der Waals surface area contributed by atoms with Gasteiger partial charge in [0, 0.05) is 44.6 Å². The van der Waals surface area contributed by atoms with E-state index in [9.17, 15) is 9.59 Å². The average Bonchev–Trinajstić information content (AvgIpc) is 3.33. The van der Waals surface area contributed by atoms with Crippen LogP contribution in [0.2, 0.25) is 0 Å². The van der Waals surface area contributed by atoms with Gasteiger partial charge in [0.05, 0.1) is 19.4 Å². The van der Waals surface area contributed by atoms with E-state index in [0.717, 1.165) is 10.9 Å². The molecule has 0 radical (unpaired) electrons. The SMILES string of the molecule is CC(C)Nc1nc(C(=O)N2CCN(CC(=O)N(C)Cc3ccco3)CC2)cs1. The van der Waals surface area contributed by atoms with Crippen LogP contribution in [0.15, 0.2) is 28.2 Å². The Bertz CT molecular complexity index is 781. The molecule has 1 aliphatic rings. The summed E-state index contributed by atoms with van der Waals surface area (Å²) >= 11 is 1.45. The smallest absolute Gasteiger partial charge is 0.273 e. The van der Waals surface area contributed by atoms with Crippen molar-refractivity contribution in [1.29, 1.82) is 0 Å². The van der Waals surface area contributed by atoms with Crippen LogP contribution < -0.4 is 5.32 Å². The number of amides is 2. The van der Waals surface area contributed by atoms with Crippen LogP contribution in [0.3, 0.4) is 0 Å². The molecular weight excluding hydrogens is 378 g/mol. The minimum atomic E-state index is -0.0472. The van der Waals surface area contributed by atoms with Gasteiger partial charge < -0.3 is 19.5 Å². The minimum absolute atomic E-state index is 0.0417. The molecule has 8 nitrogen and oxygen atoms in total. The molecule has 0 aliphatic carbocycles. The molecule has 0 unspecified atom stereocenters. The van der Waals surface area contributed by atoms with Crippen molar-refractivity contribution in [3.63, 3.8) is 0 Å². The van der Waals surface area contributed by atoms with Crippen LogP contribution in [-0.2, 0) is 11.3 Å². The van der Waals surface area contributed by atoms with E-state index in [4.69, 9.17) is 4.42 Å². The summed E-state index contributed by atoms with van der Waals surface area (Å²) in [4.78, 5) is 35.0. The molecule has 3 rings (SSSR count). The van der Waals surface area contributed by atoms with E-state index in [1.54, 1.807) is 23.6 Å². The Balaban J connectivity index is 1.45. The topological polar surface area (TPSA) is 81.9 Å². The molecule has 0 saturated carbocycles. The lowest BCUT2D eigenvalue weighted by molar-refractivity contribution is -0.132. The lowest BCUT2D eigenvalue weighted by atomic mass is 10.2. The highest BCUT2D eigenvalue weighted by atomic mass is 32.1. The third-order valence-corrected chi connectivity index (χ3v) is 5.33. The molecule has 3 heterocycles. The number of hydrogen-bond acceptors (Lipinski definition) is 7. The number of hydrogen-bond donors (Lipinski definition) is 1. The van der Waals surface area contributed by atoms with E-state index < -0.39 is 0 Å². The summed E-state index contributed by atoms with van der Waals surface area (Å²) in [6.07, 6.45) is 1.61. The third-order valence-electron chi connectivity index (χ3n) is 4.55. The van der Waals surface area contributed by atoms with Gasteiger partial charge in [0.1, 0.15) is 11.5 Å². The molecule has 0 aromatic carbocycles. The van der Waals surface area contributed by atoms with Crippen molar-refractivity contribution in [3.05, 3.63) is 35.2 Å². The first-order valence-electron chi connectivity index (χ1n) is 9.42. The van der Waals surface area contributed by atoms with Gasteiger partial charge in [-0.25, -0.2) is 4.98 Å². The molecule has 1 N–H and O–H groups in total. The molecule has 1 saturated heterocycles. The summed E-state index contributed by atoms with van der Waals surface area (Å²) in [6.45, 7) is 7.42. The number of anilines is 1. The number of rotatable bonds is 7. The van der Waals surface area contributed by atoms with Crippen LogP contribution in [0.1, 0.15) is 30.1 Å². The number of nitrogens with zero attached hydrogens (tertiary/aromatic N) is 4. The van der Waals surface area contributed by atoms with E-state index >= 15 is 0 Å². The highest BCUT2D eigenvalue weighted by Crippen LogP contribution is 2.18. The maximum atomic E-state index is 12.7. The Morgan fingerprint density at radius 1 is 1.32 bits per heavy atom. The van der Waals surface area contributed by atoms with Gasteiger partial charge in [-0.05, 0) is 26.0 Å². The maximum Gasteiger partial charge on any atom is 0.273 e. The maximum absolute atomic E-state index is 12.7. The Hall–Kier alpha value is -2.39. The normalized spacial score (nSPS) is 15.1. The minimum Gasteiger partial charge on any atom is -0.467 e. The number of furan rings is 1. The summed E-state index contributed by atoms with van der Waals surface area (Å²) in [5.41, 5.74) is 0.482. The zero-order chi connectivity index (χ0) is 20.1. The van der Waals surface area contributed by atoms with Crippen LogP contribution in [0.5, 0.6) is 0 Å². The molecule has 1 aliphatic heterocycles. The molecule has 2 aromatic heterocycles. The van der Waals surface area contributed by atoms with Crippen LogP contribution in [-0.4, -0.2) is 77.3 Å². The first kappa shape index (κ1) is 20.3. The number of nitrogens with one attached hydrogen (secondary N) is 1. The first-order valence-corrected chi connectivity index (χ1v) is 10.3. The number of piperazine rings is 1. The van der Waals surface area contributed by atoms with Gasteiger partial charge in [0.15, 0.2) is 5.13 Å². The molecule has 28 heavy (non-hydrogen) atoms. The molecule has 2 aromatic rings. The number of thiazole rings is 1. The fourth-order valence-electron chi connectivity index (χ4n) is 2.99. The summed E-state index contributed by atoms with van der Waals surface area (Å²) in [7, 11) is 1.77. The summed E-state index contributed by atoms with van der Waals surface area (Å²) < 4.78 is 5.29. The highest BCUT2D eigenvalue weighted by Gasteiger charge is 2.25. The first-order chi connectivity index (χ1) is 13.4. The highest BCUT2D eigenvalue weighted by molar-refractivity contribution is 7.13. The number of carbonyl (C=O) groups excluding carboxylic acids is 2. The Labute approximate surface area is 169 Å². The predicted octanol–water partition coefficient (Wildman–Crippen LogP) is 1.97. The molecular formula is C19H27N5O3S. The van der Waals surface area contributed by atoms with Gasteiger partial charge in [-0.2, -0.15) is 0 Å². The molecule has 1 fully saturated rings. The predicted molar refractivity (Wildman–Crippen MR) is 108 cm³/mol. The number of aromatic nitrogens is 1. The van der Waals surface area contributed by atoms with Crippen molar-refractivity contribution in [1.82, 2.24) is 19.7 Å². The Kier molecular flexibility index (Phi) is 6.69. The molecule has 2 amide bonds.